The number of nitriles is 1. The van der Waals surface area contributed by atoms with Crippen molar-refractivity contribution >= 4 is 34.8 Å². The molecular formula is C14H13Cl2N5. The molecule has 1 aliphatic rings. The molecule has 7 heteroatoms. The first-order valence-corrected chi connectivity index (χ1v) is 7.33. The Kier molecular flexibility index (Phi) is 3.66. The molecular weight excluding hydrogens is 309 g/mol. The van der Waals surface area contributed by atoms with Gasteiger partial charge in [0.15, 0.2) is 5.82 Å². The highest BCUT2D eigenvalue weighted by atomic mass is 35.5. The van der Waals surface area contributed by atoms with Crippen molar-refractivity contribution in [2.24, 2.45) is 5.92 Å². The Morgan fingerprint density at radius 3 is 2.81 bits per heavy atom. The number of rotatable bonds is 4. The summed E-state index contributed by atoms with van der Waals surface area (Å²) in [6.45, 7) is 0.805. The van der Waals surface area contributed by atoms with Gasteiger partial charge >= 0.3 is 0 Å². The van der Waals surface area contributed by atoms with Crippen molar-refractivity contribution in [3.8, 4) is 11.8 Å². The van der Waals surface area contributed by atoms with Crippen LogP contribution in [0.4, 0.5) is 11.6 Å². The molecule has 0 bridgehead atoms. The van der Waals surface area contributed by atoms with Gasteiger partial charge in [-0.15, -0.1) is 5.10 Å². The zero-order valence-electron chi connectivity index (χ0n) is 11.1. The zero-order chi connectivity index (χ0) is 15.0. The zero-order valence-corrected chi connectivity index (χ0v) is 12.6. The number of aromatic nitrogens is 2. The molecule has 2 aromatic rings. The van der Waals surface area contributed by atoms with Crippen molar-refractivity contribution in [1.29, 1.82) is 5.26 Å². The third-order valence-corrected chi connectivity index (χ3v) is 3.96. The molecule has 3 rings (SSSR count). The lowest BCUT2D eigenvalue weighted by atomic mass is 10.3. The van der Waals surface area contributed by atoms with Crippen LogP contribution in [0.1, 0.15) is 18.4 Å². The lowest BCUT2D eigenvalue weighted by molar-refractivity contribution is 0.855. The van der Waals surface area contributed by atoms with E-state index < -0.39 is 0 Å². The summed E-state index contributed by atoms with van der Waals surface area (Å²) < 4.78 is 1.46. The SMILES string of the molecule is N#Cc1c(NCC2CC2)nn(-c2ccc(Cl)cc2Cl)c1N. The van der Waals surface area contributed by atoms with Crippen molar-refractivity contribution in [2.75, 3.05) is 17.6 Å². The molecule has 0 unspecified atom stereocenters. The standard InChI is InChI=1S/C14H13Cl2N5/c15-9-3-4-12(11(16)5-9)21-13(18)10(6-17)14(20-21)19-7-8-1-2-8/h3-5,8H,1-2,7,18H2,(H,19,20). The van der Waals surface area contributed by atoms with Crippen molar-refractivity contribution in [3.63, 3.8) is 0 Å². The third-order valence-electron chi connectivity index (χ3n) is 3.43. The Morgan fingerprint density at radius 2 is 2.19 bits per heavy atom. The fraction of sp³-hybridized carbons (Fsp3) is 0.286. The Morgan fingerprint density at radius 1 is 1.43 bits per heavy atom. The van der Waals surface area contributed by atoms with E-state index in [1.54, 1.807) is 18.2 Å². The number of halogens is 2. The largest absolute Gasteiger partial charge is 0.382 e. The van der Waals surface area contributed by atoms with Crippen LogP contribution in [-0.2, 0) is 0 Å². The Bertz CT molecular complexity index is 728. The number of nitrogens with one attached hydrogen (secondary N) is 1. The summed E-state index contributed by atoms with van der Waals surface area (Å²) in [7, 11) is 0. The quantitative estimate of drug-likeness (QED) is 0.903. The molecule has 5 nitrogen and oxygen atoms in total. The summed E-state index contributed by atoms with van der Waals surface area (Å²) in [5.41, 5.74) is 6.95. The molecule has 0 amide bonds. The molecule has 0 radical (unpaired) electrons. The molecule has 108 valence electrons. The average molecular weight is 322 g/mol. The molecule has 0 aliphatic heterocycles. The average Bonchev–Trinajstić information content (AvgIpc) is 3.22. The van der Waals surface area contributed by atoms with Crippen LogP contribution in [0.25, 0.3) is 5.69 Å². The second-order valence-corrected chi connectivity index (χ2v) is 5.90. The molecule has 1 aromatic carbocycles. The molecule has 3 N–H and O–H groups in total. The first-order valence-electron chi connectivity index (χ1n) is 6.58. The van der Waals surface area contributed by atoms with Crippen LogP contribution in [0, 0.1) is 17.2 Å². The van der Waals surface area contributed by atoms with Gasteiger partial charge in [0.2, 0.25) is 0 Å². The Labute approximate surface area is 132 Å². The number of nitrogens with two attached hydrogens (primary N) is 1. The molecule has 1 fully saturated rings. The van der Waals surface area contributed by atoms with Gasteiger partial charge in [-0.05, 0) is 37.0 Å². The minimum absolute atomic E-state index is 0.264. The van der Waals surface area contributed by atoms with E-state index in [0.29, 0.717) is 33.0 Å². The predicted octanol–water partition coefficient (Wildman–Crippen LogP) is 3.45. The number of anilines is 2. The topological polar surface area (TPSA) is 79.7 Å². The van der Waals surface area contributed by atoms with Gasteiger partial charge in [0, 0.05) is 11.6 Å². The molecule has 1 aliphatic carbocycles. The van der Waals surface area contributed by atoms with Crippen molar-refractivity contribution in [3.05, 3.63) is 33.8 Å². The van der Waals surface area contributed by atoms with E-state index in [2.05, 4.69) is 16.5 Å². The molecule has 1 aromatic heterocycles. The lowest BCUT2D eigenvalue weighted by Gasteiger charge is -2.06. The maximum Gasteiger partial charge on any atom is 0.168 e. The third kappa shape index (κ3) is 2.78. The van der Waals surface area contributed by atoms with Crippen LogP contribution in [0.15, 0.2) is 18.2 Å². The maximum atomic E-state index is 9.28. The second kappa shape index (κ2) is 5.47. The van der Waals surface area contributed by atoms with E-state index in [4.69, 9.17) is 28.9 Å². The number of benzene rings is 1. The Balaban J connectivity index is 1.99. The highest BCUT2D eigenvalue weighted by Gasteiger charge is 2.23. The molecule has 0 atom stereocenters. The number of hydrogen-bond donors (Lipinski definition) is 2. The molecule has 1 saturated carbocycles. The van der Waals surface area contributed by atoms with Crippen molar-refractivity contribution in [2.45, 2.75) is 12.8 Å². The molecule has 1 heterocycles. The van der Waals surface area contributed by atoms with Crippen LogP contribution in [0.5, 0.6) is 0 Å². The fourth-order valence-electron chi connectivity index (χ4n) is 2.06. The summed E-state index contributed by atoms with van der Waals surface area (Å²) in [6, 6.07) is 7.13. The number of nitrogens with zero attached hydrogens (tertiary/aromatic N) is 3. The van der Waals surface area contributed by atoms with Crippen LogP contribution in [0.2, 0.25) is 10.0 Å². The highest BCUT2D eigenvalue weighted by Crippen LogP contribution is 2.32. The smallest absolute Gasteiger partial charge is 0.168 e. The molecule has 0 spiro atoms. The monoisotopic (exact) mass is 321 g/mol. The van der Waals surface area contributed by atoms with Gasteiger partial charge in [0.25, 0.3) is 0 Å². The normalized spacial score (nSPS) is 14.0. The Hall–Kier alpha value is -1.90. The van der Waals surface area contributed by atoms with Crippen LogP contribution in [-0.4, -0.2) is 16.3 Å². The van der Waals surface area contributed by atoms with Gasteiger partial charge in [-0.25, -0.2) is 4.68 Å². The molecule has 0 saturated heterocycles. The first-order chi connectivity index (χ1) is 10.1. The maximum absolute atomic E-state index is 9.28. The van der Waals surface area contributed by atoms with E-state index in [1.165, 1.54) is 17.5 Å². The minimum Gasteiger partial charge on any atom is -0.382 e. The van der Waals surface area contributed by atoms with Crippen LogP contribution < -0.4 is 11.1 Å². The van der Waals surface area contributed by atoms with E-state index in [-0.39, 0.29) is 5.82 Å². The van der Waals surface area contributed by atoms with E-state index in [0.717, 1.165) is 6.54 Å². The number of hydrogen-bond acceptors (Lipinski definition) is 4. The van der Waals surface area contributed by atoms with E-state index >= 15 is 0 Å². The van der Waals surface area contributed by atoms with Crippen LogP contribution >= 0.6 is 23.2 Å². The van der Waals surface area contributed by atoms with Gasteiger partial charge in [-0.2, -0.15) is 5.26 Å². The van der Waals surface area contributed by atoms with Crippen LogP contribution in [0.3, 0.4) is 0 Å². The van der Waals surface area contributed by atoms with Gasteiger partial charge in [0.05, 0.1) is 10.7 Å². The minimum atomic E-state index is 0.264. The lowest BCUT2D eigenvalue weighted by Crippen LogP contribution is -2.05. The van der Waals surface area contributed by atoms with Gasteiger partial charge in [-0.3, -0.25) is 0 Å². The summed E-state index contributed by atoms with van der Waals surface area (Å²) in [5, 5.41) is 17.8. The van der Waals surface area contributed by atoms with Crippen molar-refractivity contribution in [1.82, 2.24) is 9.78 Å². The van der Waals surface area contributed by atoms with Gasteiger partial charge < -0.3 is 11.1 Å². The molecule has 21 heavy (non-hydrogen) atoms. The fourth-order valence-corrected chi connectivity index (χ4v) is 2.55. The summed E-state index contributed by atoms with van der Waals surface area (Å²) in [4.78, 5) is 0. The summed E-state index contributed by atoms with van der Waals surface area (Å²) in [6.07, 6.45) is 2.43. The number of nitrogen functional groups attached to an aromatic ring is 1. The van der Waals surface area contributed by atoms with E-state index in [1.807, 2.05) is 0 Å². The first kappa shape index (κ1) is 14.1. The highest BCUT2D eigenvalue weighted by molar-refractivity contribution is 6.35. The summed E-state index contributed by atoms with van der Waals surface area (Å²) in [5.74, 6) is 1.43. The second-order valence-electron chi connectivity index (χ2n) is 5.05. The van der Waals surface area contributed by atoms with Gasteiger partial charge in [0.1, 0.15) is 17.5 Å². The predicted molar refractivity (Wildman–Crippen MR) is 83.9 cm³/mol. The van der Waals surface area contributed by atoms with Crippen molar-refractivity contribution < 1.29 is 0 Å². The van der Waals surface area contributed by atoms with E-state index in [9.17, 15) is 5.26 Å². The van der Waals surface area contributed by atoms with Gasteiger partial charge in [-0.1, -0.05) is 23.2 Å². The summed E-state index contributed by atoms with van der Waals surface area (Å²) >= 11 is 12.1.